The molecule has 2 saturated heterocycles. The first-order valence-electron chi connectivity index (χ1n) is 8.92. The normalized spacial score (nSPS) is 23.0. The Labute approximate surface area is 152 Å². The lowest BCUT2D eigenvalue weighted by Gasteiger charge is -2.37. The second-order valence-corrected chi connectivity index (χ2v) is 7.96. The molecule has 2 aromatic rings. The Hall–Kier alpha value is -1.69. The summed E-state index contributed by atoms with van der Waals surface area (Å²) < 4.78 is 5.60. The number of anilines is 1. The predicted molar refractivity (Wildman–Crippen MR) is 101 cm³/mol. The second-order valence-electron chi connectivity index (χ2n) is 7.18. The quantitative estimate of drug-likeness (QED) is 0.910. The minimum atomic E-state index is 0.0234. The summed E-state index contributed by atoms with van der Waals surface area (Å²) >= 11 is 1.73. The molecule has 1 amide bonds. The van der Waals surface area contributed by atoms with Gasteiger partial charge >= 0.3 is 0 Å². The van der Waals surface area contributed by atoms with E-state index in [1.165, 1.54) is 5.56 Å². The van der Waals surface area contributed by atoms with Crippen LogP contribution in [-0.2, 0) is 16.1 Å². The van der Waals surface area contributed by atoms with Gasteiger partial charge in [-0.1, -0.05) is 18.2 Å². The van der Waals surface area contributed by atoms with Crippen molar-refractivity contribution in [2.75, 3.05) is 31.6 Å². The minimum absolute atomic E-state index is 0.0234. The van der Waals surface area contributed by atoms with Crippen molar-refractivity contribution < 1.29 is 9.53 Å². The molecule has 25 heavy (non-hydrogen) atoms. The summed E-state index contributed by atoms with van der Waals surface area (Å²) in [5.74, 6) is 0.177. The zero-order chi connectivity index (χ0) is 17.1. The zero-order valence-corrected chi connectivity index (χ0v) is 15.1. The molecular weight excluding hydrogens is 332 g/mol. The van der Waals surface area contributed by atoms with E-state index in [1.807, 2.05) is 30.3 Å². The van der Waals surface area contributed by atoms with Crippen LogP contribution in [0.5, 0.6) is 0 Å². The van der Waals surface area contributed by atoms with E-state index in [-0.39, 0.29) is 17.2 Å². The molecule has 0 radical (unpaired) electrons. The van der Waals surface area contributed by atoms with Gasteiger partial charge < -0.3 is 10.1 Å². The molecule has 1 N–H and O–H groups in total. The van der Waals surface area contributed by atoms with Gasteiger partial charge in [0.05, 0.1) is 5.92 Å². The molecule has 0 bridgehead atoms. The Morgan fingerprint density at radius 3 is 2.76 bits per heavy atom. The van der Waals surface area contributed by atoms with Crippen molar-refractivity contribution in [3.63, 3.8) is 0 Å². The lowest BCUT2D eigenvalue weighted by atomic mass is 9.71. The SMILES string of the molecule is O=C(Nc1ccccc1)C1CN(Cc2ccsc2)CC12CCOCC2. The lowest BCUT2D eigenvalue weighted by molar-refractivity contribution is -0.124. The highest BCUT2D eigenvalue weighted by Crippen LogP contribution is 2.45. The van der Waals surface area contributed by atoms with Gasteiger partial charge in [0.1, 0.15) is 0 Å². The Kier molecular flexibility index (Phi) is 4.88. The summed E-state index contributed by atoms with van der Waals surface area (Å²) in [7, 11) is 0. The van der Waals surface area contributed by atoms with Crippen molar-refractivity contribution in [2.45, 2.75) is 19.4 Å². The molecule has 0 saturated carbocycles. The Morgan fingerprint density at radius 2 is 2.04 bits per heavy atom. The third kappa shape index (κ3) is 3.64. The van der Waals surface area contributed by atoms with E-state index in [0.29, 0.717) is 0 Å². The first kappa shape index (κ1) is 16.8. The zero-order valence-electron chi connectivity index (χ0n) is 14.3. The van der Waals surface area contributed by atoms with Crippen LogP contribution in [0, 0.1) is 11.3 Å². The van der Waals surface area contributed by atoms with Crippen molar-refractivity contribution >= 4 is 22.9 Å². The van der Waals surface area contributed by atoms with Gasteiger partial charge in [0, 0.05) is 44.0 Å². The summed E-state index contributed by atoms with van der Waals surface area (Å²) in [4.78, 5) is 15.5. The maximum absolute atomic E-state index is 13.1. The summed E-state index contributed by atoms with van der Waals surface area (Å²) in [5, 5.41) is 7.45. The number of carbonyl (C=O) groups excluding carboxylic acids is 1. The van der Waals surface area contributed by atoms with E-state index in [2.05, 4.69) is 27.0 Å². The molecule has 132 valence electrons. The molecule has 2 aliphatic rings. The molecule has 4 rings (SSSR count). The van der Waals surface area contributed by atoms with Gasteiger partial charge in [-0.2, -0.15) is 11.3 Å². The minimum Gasteiger partial charge on any atom is -0.381 e. The third-order valence-corrected chi connectivity index (χ3v) is 6.28. The first-order chi connectivity index (χ1) is 12.3. The molecule has 1 aromatic heterocycles. The van der Waals surface area contributed by atoms with Crippen molar-refractivity contribution in [3.05, 3.63) is 52.7 Å². The van der Waals surface area contributed by atoms with E-state index in [4.69, 9.17) is 4.74 Å². The van der Waals surface area contributed by atoms with Crippen LogP contribution in [0.4, 0.5) is 5.69 Å². The molecule has 1 unspecified atom stereocenters. The van der Waals surface area contributed by atoms with Crippen LogP contribution in [-0.4, -0.2) is 37.1 Å². The van der Waals surface area contributed by atoms with Crippen LogP contribution in [0.15, 0.2) is 47.2 Å². The van der Waals surface area contributed by atoms with Gasteiger partial charge in [0.25, 0.3) is 0 Å². The first-order valence-corrected chi connectivity index (χ1v) is 9.87. The Bertz CT molecular complexity index is 696. The van der Waals surface area contributed by atoms with Crippen LogP contribution < -0.4 is 5.32 Å². The number of hydrogen-bond acceptors (Lipinski definition) is 4. The average Bonchev–Trinajstić information content (AvgIpc) is 3.25. The van der Waals surface area contributed by atoms with Gasteiger partial charge in [-0.3, -0.25) is 9.69 Å². The molecular formula is C20H24N2O2S. The number of likely N-dealkylation sites (tertiary alicyclic amines) is 1. The average molecular weight is 356 g/mol. The summed E-state index contributed by atoms with van der Waals surface area (Å²) in [6, 6.07) is 12.0. The largest absolute Gasteiger partial charge is 0.381 e. The highest BCUT2D eigenvalue weighted by atomic mass is 32.1. The number of thiophene rings is 1. The number of carbonyl (C=O) groups is 1. The number of nitrogens with one attached hydrogen (secondary N) is 1. The van der Waals surface area contributed by atoms with Gasteiger partial charge in [0.2, 0.25) is 5.91 Å². The van der Waals surface area contributed by atoms with Gasteiger partial charge in [0.15, 0.2) is 0 Å². The van der Waals surface area contributed by atoms with Crippen LogP contribution in [0.1, 0.15) is 18.4 Å². The van der Waals surface area contributed by atoms with Crippen molar-refractivity contribution in [1.82, 2.24) is 4.90 Å². The summed E-state index contributed by atoms with van der Waals surface area (Å²) in [6.07, 6.45) is 1.94. The molecule has 4 nitrogen and oxygen atoms in total. The Balaban J connectivity index is 1.51. The van der Waals surface area contributed by atoms with E-state index < -0.39 is 0 Å². The van der Waals surface area contributed by atoms with E-state index in [9.17, 15) is 4.79 Å². The van der Waals surface area contributed by atoms with Crippen LogP contribution in [0.2, 0.25) is 0 Å². The fourth-order valence-corrected chi connectivity index (χ4v) is 4.89. The number of para-hydroxylation sites is 1. The standard InChI is InChI=1S/C20H24N2O2S/c23-19(21-17-4-2-1-3-5-17)18-13-22(12-16-6-11-25-14-16)15-20(18)7-9-24-10-8-20/h1-6,11,14,18H,7-10,12-13,15H2,(H,21,23). The number of ether oxygens (including phenoxy) is 1. The summed E-state index contributed by atoms with van der Waals surface area (Å²) in [6.45, 7) is 4.28. The highest BCUT2D eigenvalue weighted by Gasteiger charge is 2.50. The van der Waals surface area contributed by atoms with E-state index >= 15 is 0 Å². The van der Waals surface area contributed by atoms with Gasteiger partial charge in [-0.25, -0.2) is 0 Å². The second kappa shape index (κ2) is 7.28. The van der Waals surface area contributed by atoms with Crippen LogP contribution >= 0.6 is 11.3 Å². The number of hydrogen-bond donors (Lipinski definition) is 1. The molecule has 1 atom stereocenters. The lowest BCUT2D eigenvalue weighted by Crippen LogP contribution is -2.42. The molecule has 1 aromatic carbocycles. The molecule has 1 spiro atoms. The number of rotatable bonds is 4. The van der Waals surface area contributed by atoms with Gasteiger partial charge in [-0.15, -0.1) is 0 Å². The molecule has 3 heterocycles. The van der Waals surface area contributed by atoms with Crippen molar-refractivity contribution in [2.24, 2.45) is 11.3 Å². The number of benzene rings is 1. The maximum atomic E-state index is 13.1. The smallest absolute Gasteiger partial charge is 0.229 e. The fraction of sp³-hybridized carbons (Fsp3) is 0.450. The molecule has 2 fully saturated rings. The molecule has 2 aliphatic heterocycles. The van der Waals surface area contributed by atoms with Crippen LogP contribution in [0.25, 0.3) is 0 Å². The van der Waals surface area contributed by atoms with E-state index in [1.54, 1.807) is 11.3 Å². The fourth-order valence-electron chi connectivity index (χ4n) is 4.23. The van der Waals surface area contributed by atoms with Crippen molar-refractivity contribution in [3.8, 4) is 0 Å². The van der Waals surface area contributed by atoms with Crippen LogP contribution in [0.3, 0.4) is 0 Å². The number of nitrogens with zero attached hydrogens (tertiary/aromatic N) is 1. The highest BCUT2D eigenvalue weighted by molar-refractivity contribution is 7.07. The molecule has 0 aliphatic carbocycles. The predicted octanol–water partition coefficient (Wildman–Crippen LogP) is 3.62. The monoisotopic (exact) mass is 356 g/mol. The van der Waals surface area contributed by atoms with Gasteiger partial charge in [-0.05, 0) is 47.4 Å². The summed E-state index contributed by atoms with van der Waals surface area (Å²) in [5.41, 5.74) is 2.27. The molecule has 5 heteroatoms. The maximum Gasteiger partial charge on any atom is 0.229 e. The van der Waals surface area contributed by atoms with Crippen molar-refractivity contribution in [1.29, 1.82) is 0 Å². The van der Waals surface area contributed by atoms with E-state index in [0.717, 1.165) is 51.4 Å². The third-order valence-electron chi connectivity index (χ3n) is 5.55. The topological polar surface area (TPSA) is 41.6 Å². The Morgan fingerprint density at radius 1 is 1.24 bits per heavy atom. The number of amides is 1.